The zero-order valence-corrected chi connectivity index (χ0v) is 9.78. The molecule has 3 N–H and O–H groups in total. The van der Waals surface area contributed by atoms with Crippen LogP contribution in [-0.2, 0) is 0 Å². The predicted molar refractivity (Wildman–Crippen MR) is 69.4 cm³/mol. The average molecular weight is 231 g/mol. The van der Waals surface area contributed by atoms with Crippen molar-refractivity contribution in [3.05, 3.63) is 29.8 Å². The van der Waals surface area contributed by atoms with Crippen molar-refractivity contribution >= 4 is 17.4 Å². The van der Waals surface area contributed by atoms with Gasteiger partial charge in [0.25, 0.3) is 0 Å². The van der Waals surface area contributed by atoms with E-state index in [9.17, 15) is 4.79 Å². The molecule has 0 saturated carbocycles. The lowest BCUT2D eigenvalue weighted by atomic mass is 10.2. The molecule has 90 valence electrons. The van der Waals surface area contributed by atoms with Crippen LogP contribution in [0.2, 0.25) is 0 Å². The molecule has 1 aliphatic heterocycles. The molecule has 4 heteroatoms. The second-order valence-corrected chi connectivity index (χ2v) is 4.21. The van der Waals surface area contributed by atoms with Crippen LogP contribution in [0.5, 0.6) is 0 Å². The highest BCUT2D eigenvalue weighted by atomic mass is 16.1. The molecule has 0 bridgehead atoms. The molecular weight excluding hydrogens is 214 g/mol. The van der Waals surface area contributed by atoms with Crippen molar-refractivity contribution in [2.24, 2.45) is 10.7 Å². The molecule has 17 heavy (non-hydrogen) atoms. The van der Waals surface area contributed by atoms with E-state index < -0.39 is 5.91 Å². The van der Waals surface area contributed by atoms with Crippen LogP contribution in [0.25, 0.3) is 0 Å². The molecule has 2 rings (SSSR count). The van der Waals surface area contributed by atoms with E-state index in [1.165, 1.54) is 12.8 Å². The quantitative estimate of drug-likeness (QED) is 0.819. The SMILES string of the molecule is NC(=O)c1cccc(NC2=NCCCCC2)c1. The van der Waals surface area contributed by atoms with Gasteiger partial charge in [-0.2, -0.15) is 0 Å². The molecule has 4 nitrogen and oxygen atoms in total. The Bertz CT molecular complexity index is 440. The smallest absolute Gasteiger partial charge is 0.248 e. The minimum absolute atomic E-state index is 0.406. The molecule has 1 heterocycles. The first kappa shape index (κ1) is 11.6. The number of aliphatic imine (C=N–C) groups is 1. The topological polar surface area (TPSA) is 67.5 Å². The van der Waals surface area contributed by atoms with Gasteiger partial charge >= 0.3 is 0 Å². The highest BCUT2D eigenvalue weighted by molar-refractivity contribution is 5.98. The van der Waals surface area contributed by atoms with Gasteiger partial charge < -0.3 is 11.1 Å². The number of amidine groups is 1. The van der Waals surface area contributed by atoms with Crippen molar-refractivity contribution in [2.75, 3.05) is 11.9 Å². The third kappa shape index (κ3) is 3.31. The van der Waals surface area contributed by atoms with Crippen LogP contribution in [0.4, 0.5) is 5.69 Å². The number of anilines is 1. The molecule has 0 aliphatic carbocycles. The summed E-state index contributed by atoms with van der Waals surface area (Å²) in [6.07, 6.45) is 4.53. The van der Waals surface area contributed by atoms with Crippen molar-refractivity contribution in [2.45, 2.75) is 25.7 Å². The number of hydrogen-bond donors (Lipinski definition) is 2. The number of nitrogens with one attached hydrogen (secondary N) is 1. The second kappa shape index (κ2) is 5.48. The molecule has 0 radical (unpaired) electrons. The van der Waals surface area contributed by atoms with E-state index in [1.807, 2.05) is 12.1 Å². The Morgan fingerprint density at radius 1 is 1.29 bits per heavy atom. The molecule has 0 aromatic heterocycles. The van der Waals surface area contributed by atoms with Gasteiger partial charge in [-0.25, -0.2) is 0 Å². The van der Waals surface area contributed by atoms with Gasteiger partial charge in [-0.15, -0.1) is 0 Å². The average Bonchev–Trinajstić information content (AvgIpc) is 2.58. The summed E-state index contributed by atoms with van der Waals surface area (Å²) in [4.78, 5) is 15.5. The first-order valence-corrected chi connectivity index (χ1v) is 5.96. The summed E-state index contributed by atoms with van der Waals surface area (Å²) in [5.74, 6) is 0.598. The number of nitrogens with zero attached hydrogens (tertiary/aromatic N) is 1. The number of hydrogen-bond acceptors (Lipinski definition) is 3. The van der Waals surface area contributed by atoms with Crippen LogP contribution in [0.1, 0.15) is 36.0 Å². The Hall–Kier alpha value is -1.84. The first-order valence-electron chi connectivity index (χ1n) is 5.96. The van der Waals surface area contributed by atoms with E-state index in [-0.39, 0.29) is 0 Å². The molecule has 0 spiro atoms. The van der Waals surface area contributed by atoms with Crippen LogP contribution >= 0.6 is 0 Å². The fraction of sp³-hybridized carbons (Fsp3) is 0.385. The molecule has 1 aromatic rings. The lowest BCUT2D eigenvalue weighted by Crippen LogP contribution is -2.14. The summed E-state index contributed by atoms with van der Waals surface area (Å²) in [6.45, 7) is 0.887. The van der Waals surface area contributed by atoms with Gasteiger partial charge in [0.2, 0.25) is 5.91 Å². The second-order valence-electron chi connectivity index (χ2n) is 4.21. The fourth-order valence-corrected chi connectivity index (χ4v) is 1.89. The zero-order valence-electron chi connectivity index (χ0n) is 9.78. The predicted octanol–water partition coefficient (Wildman–Crippen LogP) is 2.17. The van der Waals surface area contributed by atoms with Gasteiger partial charge in [-0.05, 0) is 31.0 Å². The van der Waals surface area contributed by atoms with E-state index in [4.69, 9.17) is 5.73 Å². The maximum Gasteiger partial charge on any atom is 0.248 e. The van der Waals surface area contributed by atoms with Gasteiger partial charge in [0.05, 0.1) is 0 Å². The van der Waals surface area contributed by atoms with E-state index in [1.54, 1.807) is 12.1 Å². The van der Waals surface area contributed by atoms with Crippen LogP contribution in [0.3, 0.4) is 0 Å². The van der Waals surface area contributed by atoms with Crippen molar-refractivity contribution in [3.8, 4) is 0 Å². The summed E-state index contributed by atoms with van der Waals surface area (Å²) in [7, 11) is 0. The minimum atomic E-state index is -0.406. The first-order chi connectivity index (χ1) is 8.25. The highest BCUT2D eigenvalue weighted by Crippen LogP contribution is 2.13. The normalized spacial score (nSPS) is 15.9. The van der Waals surface area contributed by atoms with E-state index in [0.717, 1.165) is 30.9 Å². The maximum absolute atomic E-state index is 11.1. The van der Waals surface area contributed by atoms with E-state index >= 15 is 0 Å². The van der Waals surface area contributed by atoms with Crippen molar-refractivity contribution in [1.82, 2.24) is 0 Å². The van der Waals surface area contributed by atoms with Gasteiger partial charge in [0.15, 0.2) is 0 Å². The Balaban J connectivity index is 2.09. The molecular formula is C13H17N3O. The number of amides is 1. The zero-order chi connectivity index (χ0) is 12.1. The van der Waals surface area contributed by atoms with Crippen LogP contribution in [-0.4, -0.2) is 18.3 Å². The fourth-order valence-electron chi connectivity index (χ4n) is 1.89. The third-order valence-electron chi connectivity index (χ3n) is 2.81. The summed E-state index contributed by atoms with van der Waals surface area (Å²) in [5, 5.41) is 3.26. The Kier molecular flexibility index (Phi) is 3.75. The maximum atomic E-state index is 11.1. The summed E-state index contributed by atoms with van der Waals surface area (Å²) >= 11 is 0. The molecule has 0 atom stereocenters. The van der Waals surface area contributed by atoms with Crippen LogP contribution in [0.15, 0.2) is 29.3 Å². The minimum Gasteiger partial charge on any atom is -0.366 e. The van der Waals surface area contributed by atoms with Crippen LogP contribution < -0.4 is 11.1 Å². The number of rotatable bonds is 2. The Morgan fingerprint density at radius 2 is 2.18 bits per heavy atom. The van der Waals surface area contributed by atoms with Gasteiger partial charge in [-0.1, -0.05) is 12.5 Å². The van der Waals surface area contributed by atoms with Crippen molar-refractivity contribution in [1.29, 1.82) is 0 Å². The third-order valence-corrected chi connectivity index (χ3v) is 2.81. The van der Waals surface area contributed by atoms with Crippen LogP contribution in [0, 0.1) is 0 Å². The molecule has 0 unspecified atom stereocenters. The highest BCUT2D eigenvalue weighted by Gasteiger charge is 2.06. The largest absolute Gasteiger partial charge is 0.366 e. The van der Waals surface area contributed by atoms with Crippen molar-refractivity contribution in [3.63, 3.8) is 0 Å². The number of carbonyl (C=O) groups is 1. The number of primary amides is 1. The summed E-state index contributed by atoms with van der Waals surface area (Å²) in [5.41, 5.74) is 6.64. The molecule has 0 saturated heterocycles. The summed E-state index contributed by atoms with van der Waals surface area (Å²) in [6, 6.07) is 7.21. The van der Waals surface area contributed by atoms with E-state index in [2.05, 4.69) is 10.3 Å². The number of nitrogens with two attached hydrogens (primary N) is 1. The van der Waals surface area contributed by atoms with Gasteiger partial charge in [0.1, 0.15) is 5.84 Å². The lowest BCUT2D eigenvalue weighted by molar-refractivity contribution is 0.100. The Morgan fingerprint density at radius 3 is 3.00 bits per heavy atom. The van der Waals surface area contributed by atoms with E-state index in [0.29, 0.717) is 5.56 Å². The molecule has 0 fully saturated rings. The molecule has 1 aromatic carbocycles. The number of carbonyl (C=O) groups excluding carboxylic acids is 1. The number of benzene rings is 1. The van der Waals surface area contributed by atoms with Gasteiger partial charge in [0, 0.05) is 24.2 Å². The summed E-state index contributed by atoms with van der Waals surface area (Å²) < 4.78 is 0. The van der Waals surface area contributed by atoms with Crippen molar-refractivity contribution < 1.29 is 4.79 Å². The monoisotopic (exact) mass is 231 g/mol. The molecule has 1 aliphatic rings. The lowest BCUT2D eigenvalue weighted by Gasteiger charge is -2.08. The Labute approximate surface area is 101 Å². The molecule has 1 amide bonds. The van der Waals surface area contributed by atoms with Gasteiger partial charge in [-0.3, -0.25) is 9.79 Å². The standard InChI is InChI=1S/C13H17N3O/c14-13(17)10-5-4-6-11(9-10)16-12-7-2-1-3-8-15-12/h4-6,9H,1-3,7-8H2,(H2,14,17)(H,15,16).